The van der Waals surface area contributed by atoms with E-state index in [1.54, 1.807) is 17.0 Å². The van der Waals surface area contributed by atoms with Crippen molar-refractivity contribution >= 4 is 33.4 Å². The fourth-order valence-electron chi connectivity index (χ4n) is 2.90. The van der Waals surface area contributed by atoms with Crippen LogP contribution in [-0.2, 0) is 31.0 Å². The Bertz CT molecular complexity index is 983. The van der Waals surface area contributed by atoms with Gasteiger partial charge < -0.3 is 14.6 Å². The van der Waals surface area contributed by atoms with Crippen LogP contribution < -0.4 is 10.0 Å². The van der Waals surface area contributed by atoms with E-state index in [0.29, 0.717) is 18.0 Å². The van der Waals surface area contributed by atoms with Crippen LogP contribution in [0.1, 0.15) is 19.1 Å². The molecule has 148 valence electrons. The molecule has 0 aliphatic carbocycles. The Morgan fingerprint density at radius 1 is 1.21 bits per heavy atom. The third kappa shape index (κ3) is 4.58. The topological polar surface area (TPSA) is 126 Å². The summed E-state index contributed by atoms with van der Waals surface area (Å²) in [7, 11) is -3.93. The standard InChI is InChI=1S/C18H19N3O6S/c1-12(22)20-28(25,26)16-6-4-14(5-7-16)19-18(24)13-9-17(23)21(10-13)11-15-3-2-8-27-15/h2-8,13H,9-11H2,1H3,(H,19,24)(H,20,22). The van der Waals surface area contributed by atoms with Crippen molar-refractivity contribution in [1.29, 1.82) is 0 Å². The van der Waals surface area contributed by atoms with E-state index >= 15 is 0 Å². The van der Waals surface area contributed by atoms with Crippen molar-refractivity contribution in [3.8, 4) is 0 Å². The second kappa shape index (κ2) is 7.85. The first-order valence-electron chi connectivity index (χ1n) is 8.49. The molecular weight excluding hydrogens is 386 g/mol. The number of amides is 3. The number of rotatable bonds is 6. The van der Waals surface area contributed by atoms with Crippen LogP contribution in [0, 0.1) is 5.92 Å². The molecular formula is C18H19N3O6S. The molecule has 1 atom stereocenters. The Balaban J connectivity index is 1.60. The minimum absolute atomic E-state index is 0.0960. The van der Waals surface area contributed by atoms with Gasteiger partial charge in [-0.15, -0.1) is 0 Å². The maximum absolute atomic E-state index is 12.4. The highest BCUT2D eigenvalue weighted by molar-refractivity contribution is 7.90. The van der Waals surface area contributed by atoms with Crippen LogP contribution in [0.4, 0.5) is 5.69 Å². The molecule has 0 spiro atoms. The molecule has 1 saturated heterocycles. The van der Waals surface area contributed by atoms with Crippen molar-refractivity contribution in [1.82, 2.24) is 9.62 Å². The van der Waals surface area contributed by atoms with Gasteiger partial charge in [0.1, 0.15) is 5.76 Å². The maximum atomic E-state index is 12.4. The highest BCUT2D eigenvalue weighted by Gasteiger charge is 2.34. The molecule has 0 saturated carbocycles. The first-order chi connectivity index (χ1) is 13.2. The molecule has 9 nitrogen and oxygen atoms in total. The average molecular weight is 405 g/mol. The molecule has 2 aromatic rings. The van der Waals surface area contributed by atoms with Gasteiger partial charge >= 0.3 is 0 Å². The lowest BCUT2D eigenvalue weighted by Crippen LogP contribution is -2.28. The molecule has 1 aliphatic rings. The second-order valence-electron chi connectivity index (χ2n) is 6.43. The van der Waals surface area contributed by atoms with E-state index in [1.807, 2.05) is 4.72 Å². The molecule has 3 amide bonds. The zero-order valence-electron chi connectivity index (χ0n) is 15.0. The summed E-state index contributed by atoms with van der Waals surface area (Å²) >= 11 is 0. The van der Waals surface area contributed by atoms with Gasteiger partial charge in [0.2, 0.25) is 17.7 Å². The van der Waals surface area contributed by atoms with Crippen molar-refractivity contribution in [2.75, 3.05) is 11.9 Å². The fourth-order valence-corrected chi connectivity index (χ4v) is 3.89. The summed E-state index contributed by atoms with van der Waals surface area (Å²) in [4.78, 5) is 37.0. The van der Waals surface area contributed by atoms with Gasteiger partial charge in [-0.25, -0.2) is 13.1 Å². The molecule has 2 heterocycles. The van der Waals surface area contributed by atoms with Crippen LogP contribution in [0.2, 0.25) is 0 Å². The molecule has 0 bridgehead atoms. The zero-order valence-corrected chi connectivity index (χ0v) is 15.9. The largest absolute Gasteiger partial charge is 0.467 e. The van der Waals surface area contributed by atoms with Gasteiger partial charge in [-0.3, -0.25) is 14.4 Å². The molecule has 1 fully saturated rings. The van der Waals surface area contributed by atoms with Crippen LogP contribution in [0.5, 0.6) is 0 Å². The SMILES string of the molecule is CC(=O)NS(=O)(=O)c1ccc(NC(=O)C2CC(=O)N(Cc3ccco3)C2)cc1. The van der Waals surface area contributed by atoms with Crippen molar-refractivity contribution in [2.45, 2.75) is 24.8 Å². The first kappa shape index (κ1) is 19.6. The van der Waals surface area contributed by atoms with E-state index in [0.717, 1.165) is 6.92 Å². The molecule has 1 aromatic heterocycles. The third-order valence-corrected chi connectivity index (χ3v) is 5.67. The quantitative estimate of drug-likeness (QED) is 0.741. The number of nitrogens with one attached hydrogen (secondary N) is 2. The van der Waals surface area contributed by atoms with E-state index < -0.39 is 21.8 Å². The summed E-state index contributed by atoms with van der Waals surface area (Å²) in [6.45, 7) is 1.69. The summed E-state index contributed by atoms with van der Waals surface area (Å²) in [5.74, 6) is -1.01. The average Bonchev–Trinajstić information content (AvgIpc) is 3.25. The number of benzene rings is 1. The van der Waals surface area contributed by atoms with Crippen molar-refractivity contribution in [3.63, 3.8) is 0 Å². The molecule has 3 rings (SSSR count). The van der Waals surface area contributed by atoms with Gasteiger partial charge in [0.15, 0.2) is 0 Å². The predicted molar refractivity (Wildman–Crippen MR) is 98.3 cm³/mol. The van der Waals surface area contributed by atoms with Crippen LogP contribution in [0.15, 0.2) is 52.0 Å². The number of nitrogens with zero attached hydrogens (tertiary/aromatic N) is 1. The van der Waals surface area contributed by atoms with Crippen molar-refractivity contribution in [2.24, 2.45) is 5.92 Å². The maximum Gasteiger partial charge on any atom is 0.264 e. The van der Waals surface area contributed by atoms with Gasteiger partial charge in [-0.05, 0) is 36.4 Å². The van der Waals surface area contributed by atoms with E-state index in [2.05, 4.69) is 5.32 Å². The van der Waals surface area contributed by atoms with Crippen molar-refractivity contribution in [3.05, 3.63) is 48.4 Å². The van der Waals surface area contributed by atoms with E-state index in [-0.39, 0.29) is 29.7 Å². The van der Waals surface area contributed by atoms with Crippen LogP contribution in [-0.4, -0.2) is 37.6 Å². The highest BCUT2D eigenvalue weighted by Crippen LogP contribution is 2.22. The van der Waals surface area contributed by atoms with Gasteiger partial charge in [0.25, 0.3) is 10.0 Å². The number of carbonyl (C=O) groups is 3. The lowest BCUT2D eigenvalue weighted by molar-refractivity contribution is -0.128. The van der Waals surface area contributed by atoms with Crippen LogP contribution in [0.25, 0.3) is 0 Å². The lowest BCUT2D eigenvalue weighted by Gasteiger charge is -2.15. The second-order valence-corrected chi connectivity index (χ2v) is 8.11. The van der Waals surface area contributed by atoms with Crippen molar-refractivity contribution < 1.29 is 27.2 Å². The summed E-state index contributed by atoms with van der Waals surface area (Å²) < 4.78 is 30.9. The normalized spacial score (nSPS) is 16.8. The minimum atomic E-state index is -3.93. The number of hydrogen-bond acceptors (Lipinski definition) is 6. The predicted octanol–water partition coefficient (Wildman–Crippen LogP) is 1.09. The molecule has 1 aromatic carbocycles. The van der Waals surface area contributed by atoms with Gasteiger partial charge in [-0.2, -0.15) is 0 Å². The molecule has 1 unspecified atom stereocenters. The highest BCUT2D eigenvalue weighted by atomic mass is 32.2. The zero-order chi connectivity index (χ0) is 20.3. The molecule has 2 N–H and O–H groups in total. The Morgan fingerprint density at radius 3 is 2.54 bits per heavy atom. The molecule has 10 heteroatoms. The summed E-state index contributed by atoms with van der Waals surface area (Å²) in [5, 5.41) is 2.68. The number of carbonyl (C=O) groups excluding carboxylic acids is 3. The van der Waals surface area contributed by atoms with E-state index in [9.17, 15) is 22.8 Å². The number of furan rings is 1. The first-order valence-corrected chi connectivity index (χ1v) is 9.97. The molecule has 28 heavy (non-hydrogen) atoms. The fraction of sp³-hybridized carbons (Fsp3) is 0.278. The third-order valence-electron chi connectivity index (χ3n) is 4.22. The summed E-state index contributed by atoms with van der Waals surface area (Å²) in [5.41, 5.74) is 0.392. The smallest absolute Gasteiger partial charge is 0.264 e. The Morgan fingerprint density at radius 2 is 1.93 bits per heavy atom. The molecule has 1 aliphatic heterocycles. The number of sulfonamides is 1. The summed E-state index contributed by atoms with van der Waals surface area (Å²) in [6.07, 6.45) is 1.62. The number of hydrogen-bond donors (Lipinski definition) is 2. The van der Waals surface area contributed by atoms with E-state index in [4.69, 9.17) is 4.42 Å². The Kier molecular flexibility index (Phi) is 5.50. The van der Waals surface area contributed by atoms with Crippen LogP contribution >= 0.6 is 0 Å². The number of anilines is 1. The lowest BCUT2D eigenvalue weighted by atomic mass is 10.1. The minimum Gasteiger partial charge on any atom is -0.467 e. The monoisotopic (exact) mass is 405 g/mol. The molecule has 0 radical (unpaired) electrons. The Hall–Kier alpha value is -3.14. The van der Waals surface area contributed by atoms with Crippen LogP contribution in [0.3, 0.4) is 0 Å². The van der Waals surface area contributed by atoms with E-state index in [1.165, 1.54) is 30.5 Å². The van der Waals surface area contributed by atoms with Gasteiger partial charge in [0, 0.05) is 25.6 Å². The van der Waals surface area contributed by atoms with Gasteiger partial charge in [-0.1, -0.05) is 0 Å². The number of likely N-dealkylation sites (tertiary alicyclic amines) is 1. The summed E-state index contributed by atoms with van der Waals surface area (Å²) in [6, 6.07) is 8.90. The van der Waals surface area contributed by atoms with Gasteiger partial charge in [0.05, 0.1) is 23.6 Å². The Labute approximate surface area is 161 Å².